The summed E-state index contributed by atoms with van der Waals surface area (Å²) in [5.74, 6) is 0.877. The molecule has 3 aromatic heterocycles. The Kier molecular flexibility index (Phi) is 4.35. The molecule has 0 spiro atoms. The van der Waals surface area contributed by atoms with Gasteiger partial charge >= 0.3 is 0 Å². The van der Waals surface area contributed by atoms with Crippen LogP contribution in [0.1, 0.15) is 38.1 Å². The highest BCUT2D eigenvalue weighted by atomic mass is 16.1. The van der Waals surface area contributed by atoms with Crippen LogP contribution in [0.4, 0.5) is 5.82 Å². The van der Waals surface area contributed by atoms with Gasteiger partial charge in [0.05, 0.1) is 24.7 Å². The van der Waals surface area contributed by atoms with Crippen LogP contribution in [0.2, 0.25) is 0 Å². The lowest BCUT2D eigenvalue weighted by atomic mass is 9.96. The average molecular weight is 349 g/mol. The minimum Gasteiger partial charge on any atom is -0.345 e. The Bertz CT molecular complexity index is 961. The number of anilines is 1. The second-order valence-corrected chi connectivity index (χ2v) is 6.61. The van der Waals surface area contributed by atoms with Crippen LogP contribution < -0.4 is 5.32 Å². The van der Waals surface area contributed by atoms with Crippen molar-refractivity contribution in [3.63, 3.8) is 0 Å². The monoisotopic (exact) mass is 349 g/mol. The normalized spacial score (nSPS) is 15.8. The maximum absolute atomic E-state index is 11.0. The van der Waals surface area contributed by atoms with Crippen LogP contribution in [-0.2, 0) is 4.79 Å². The number of rotatable bonds is 6. The van der Waals surface area contributed by atoms with Crippen LogP contribution in [0, 0.1) is 17.2 Å². The van der Waals surface area contributed by atoms with Gasteiger partial charge in [0, 0.05) is 28.9 Å². The number of aromatic nitrogens is 5. The highest BCUT2D eigenvalue weighted by Gasteiger charge is 2.27. The molecule has 0 bridgehead atoms. The summed E-state index contributed by atoms with van der Waals surface area (Å²) in [7, 11) is 0. The predicted octanol–water partition coefficient (Wildman–Crippen LogP) is 3.03. The molecule has 3 heterocycles. The van der Waals surface area contributed by atoms with E-state index in [0.717, 1.165) is 29.4 Å². The fraction of sp³-hybridized carbons (Fsp3) is 0.389. The highest BCUT2D eigenvalue weighted by molar-refractivity contribution is 5.99. The number of hydrogen-bond acceptors (Lipinski definition) is 5. The van der Waals surface area contributed by atoms with Crippen molar-refractivity contribution in [2.24, 2.45) is 5.92 Å². The van der Waals surface area contributed by atoms with Crippen LogP contribution >= 0.6 is 0 Å². The Morgan fingerprint density at radius 2 is 2.27 bits per heavy atom. The van der Waals surface area contributed by atoms with E-state index >= 15 is 0 Å². The number of H-pyrrole nitrogens is 1. The first kappa shape index (κ1) is 16.3. The van der Waals surface area contributed by atoms with E-state index in [0.29, 0.717) is 30.2 Å². The lowest BCUT2D eigenvalue weighted by Crippen LogP contribution is -2.17. The molecule has 1 aliphatic carbocycles. The van der Waals surface area contributed by atoms with Crippen LogP contribution in [0.5, 0.6) is 0 Å². The van der Waals surface area contributed by atoms with Crippen molar-refractivity contribution in [2.75, 3.05) is 5.32 Å². The third kappa shape index (κ3) is 2.81. The van der Waals surface area contributed by atoms with E-state index in [-0.39, 0.29) is 6.04 Å². The summed E-state index contributed by atoms with van der Waals surface area (Å²) in [6.45, 7) is 0. The van der Waals surface area contributed by atoms with E-state index < -0.39 is 0 Å². The molecule has 4 rings (SSSR count). The number of nitriles is 1. The van der Waals surface area contributed by atoms with Gasteiger partial charge in [-0.25, -0.2) is 0 Å². The molecule has 1 atom stereocenters. The molecule has 8 heteroatoms. The van der Waals surface area contributed by atoms with Gasteiger partial charge in [-0.2, -0.15) is 10.4 Å². The van der Waals surface area contributed by atoms with Crippen LogP contribution in [-0.4, -0.2) is 31.4 Å². The number of aromatic amines is 1. The van der Waals surface area contributed by atoms with Crippen molar-refractivity contribution in [2.45, 2.75) is 38.1 Å². The zero-order chi connectivity index (χ0) is 17.9. The first-order chi connectivity index (χ1) is 12.8. The summed E-state index contributed by atoms with van der Waals surface area (Å²) in [5.41, 5.74) is 2.26. The topological polar surface area (TPSA) is 112 Å². The number of carbonyl (C=O) groups is 1. The largest absolute Gasteiger partial charge is 0.345 e. The van der Waals surface area contributed by atoms with E-state index in [2.05, 4.69) is 31.7 Å². The predicted molar refractivity (Wildman–Crippen MR) is 96.0 cm³/mol. The molecule has 3 aromatic rings. The molecule has 132 valence electrons. The molecular formula is C18H19N7O. The Morgan fingerprint density at radius 3 is 3.04 bits per heavy atom. The van der Waals surface area contributed by atoms with E-state index in [9.17, 15) is 10.1 Å². The van der Waals surface area contributed by atoms with Crippen molar-refractivity contribution >= 4 is 23.3 Å². The van der Waals surface area contributed by atoms with Gasteiger partial charge in [0.15, 0.2) is 11.5 Å². The maximum Gasteiger partial charge on any atom is 0.212 e. The molecule has 1 aliphatic rings. The van der Waals surface area contributed by atoms with Crippen LogP contribution in [0.3, 0.4) is 0 Å². The number of nitrogens with one attached hydrogen (secondary N) is 2. The molecule has 26 heavy (non-hydrogen) atoms. The first-order valence-corrected chi connectivity index (χ1v) is 8.77. The molecule has 2 N–H and O–H groups in total. The minimum absolute atomic E-state index is 0.0789. The van der Waals surface area contributed by atoms with E-state index in [1.807, 2.05) is 16.9 Å². The number of hydrogen-bond donors (Lipinski definition) is 2. The van der Waals surface area contributed by atoms with E-state index in [1.165, 1.54) is 12.8 Å². The molecule has 8 nitrogen and oxygen atoms in total. The summed E-state index contributed by atoms with van der Waals surface area (Å²) in [6.07, 6.45) is 11.2. The molecule has 1 saturated carbocycles. The summed E-state index contributed by atoms with van der Waals surface area (Å²) in [6, 6.07) is 4.28. The first-order valence-electron chi connectivity index (χ1n) is 8.77. The number of amides is 1. The molecule has 1 amide bonds. The van der Waals surface area contributed by atoms with Crippen molar-refractivity contribution in [1.82, 2.24) is 25.0 Å². The van der Waals surface area contributed by atoms with E-state index in [1.54, 1.807) is 12.4 Å². The van der Waals surface area contributed by atoms with E-state index in [4.69, 9.17) is 0 Å². The van der Waals surface area contributed by atoms with Gasteiger partial charge in [-0.15, -0.1) is 10.2 Å². The SMILES string of the molecule is N#CC[C@H](C1CCCC1)n1cc(-c2c(NC=O)nnc3[nH]ccc23)cn1. The highest BCUT2D eigenvalue weighted by Crippen LogP contribution is 2.38. The van der Waals surface area contributed by atoms with Gasteiger partial charge in [0.25, 0.3) is 0 Å². The average Bonchev–Trinajstić information content (AvgIpc) is 3.40. The summed E-state index contributed by atoms with van der Waals surface area (Å²) in [4.78, 5) is 14.0. The quantitative estimate of drug-likeness (QED) is 0.664. The molecule has 0 saturated heterocycles. The second-order valence-electron chi connectivity index (χ2n) is 6.61. The minimum atomic E-state index is 0.0789. The summed E-state index contributed by atoms with van der Waals surface area (Å²) in [5, 5.41) is 25.5. The molecule has 0 unspecified atom stereocenters. The third-order valence-corrected chi connectivity index (χ3v) is 5.15. The van der Waals surface area contributed by atoms with Gasteiger partial charge in [0.2, 0.25) is 6.41 Å². The fourth-order valence-electron chi connectivity index (χ4n) is 3.93. The number of nitrogens with zero attached hydrogens (tertiary/aromatic N) is 5. The van der Waals surface area contributed by atoms with Gasteiger partial charge in [-0.3, -0.25) is 9.48 Å². The van der Waals surface area contributed by atoms with Gasteiger partial charge in [-0.1, -0.05) is 12.8 Å². The molecule has 0 radical (unpaired) electrons. The standard InChI is InChI=1S/C18H19N7O/c19-7-5-15(12-3-1-2-4-12)25-10-13(9-22-25)16-14-6-8-20-17(14)23-24-18(16)21-11-26/h6,8-12,15H,1-5H2,(H,20,23)(H,21,24,26)/t15-/m1/s1. The smallest absolute Gasteiger partial charge is 0.212 e. The molecular weight excluding hydrogens is 330 g/mol. The Morgan fingerprint density at radius 1 is 1.42 bits per heavy atom. The van der Waals surface area contributed by atoms with Crippen molar-refractivity contribution < 1.29 is 4.79 Å². The fourth-order valence-corrected chi connectivity index (χ4v) is 3.93. The number of fused-ring (bicyclic) bond motifs is 1. The van der Waals surface area contributed by atoms with Crippen LogP contribution in [0.25, 0.3) is 22.2 Å². The maximum atomic E-state index is 11.0. The van der Waals surface area contributed by atoms with Gasteiger partial charge < -0.3 is 10.3 Å². The second kappa shape index (κ2) is 6.96. The van der Waals surface area contributed by atoms with Crippen molar-refractivity contribution in [1.29, 1.82) is 5.26 Å². The molecule has 0 aromatic carbocycles. The lowest BCUT2D eigenvalue weighted by molar-refractivity contribution is -0.105. The van der Waals surface area contributed by atoms with Gasteiger partial charge in [-0.05, 0) is 24.8 Å². The molecule has 1 fully saturated rings. The zero-order valence-electron chi connectivity index (χ0n) is 14.2. The molecule has 0 aliphatic heterocycles. The summed E-state index contributed by atoms with van der Waals surface area (Å²) >= 11 is 0. The Balaban J connectivity index is 1.77. The lowest BCUT2D eigenvalue weighted by Gasteiger charge is -2.21. The van der Waals surface area contributed by atoms with Crippen LogP contribution in [0.15, 0.2) is 24.7 Å². The third-order valence-electron chi connectivity index (χ3n) is 5.15. The van der Waals surface area contributed by atoms with Crippen molar-refractivity contribution in [3.8, 4) is 17.2 Å². The zero-order valence-corrected chi connectivity index (χ0v) is 14.2. The van der Waals surface area contributed by atoms with Crippen molar-refractivity contribution in [3.05, 3.63) is 24.7 Å². The number of carbonyl (C=O) groups excluding carboxylic acids is 1. The Hall–Kier alpha value is -3.21. The Labute approximate surface area is 150 Å². The summed E-state index contributed by atoms with van der Waals surface area (Å²) < 4.78 is 1.90. The van der Waals surface area contributed by atoms with Gasteiger partial charge in [0.1, 0.15) is 0 Å².